The van der Waals surface area contributed by atoms with E-state index in [0.29, 0.717) is 17.9 Å². The maximum Gasteiger partial charge on any atom is 0.335 e. The van der Waals surface area contributed by atoms with Gasteiger partial charge in [0.2, 0.25) is 0 Å². The first-order valence-corrected chi connectivity index (χ1v) is 13.7. The second-order valence-corrected chi connectivity index (χ2v) is 11.6. The molecule has 2 fully saturated rings. The minimum absolute atomic E-state index is 0.0625. The SMILES string of the molecule is CC(C)(CC1CCC2CCCCC2C1)NC[C@H](O)COc1cc(-c2ccc(C(=O)O)cc2)ccc1C#N. The highest BCUT2D eigenvalue weighted by atomic mass is 16.5. The summed E-state index contributed by atoms with van der Waals surface area (Å²) >= 11 is 0. The Kier molecular flexibility index (Phi) is 8.89. The number of rotatable bonds is 10. The van der Waals surface area contributed by atoms with Gasteiger partial charge in [-0.2, -0.15) is 5.26 Å². The van der Waals surface area contributed by atoms with Gasteiger partial charge in [0.1, 0.15) is 24.5 Å². The summed E-state index contributed by atoms with van der Waals surface area (Å²) < 4.78 is 5.88. The molecule has 6 nitrogen and oxygen atoms in total. The lowest BCUT2D eigenvalue weighted by Gasteiger charge is -2.42. The van der Waals surface area contributed by atoms with Gasteiger partial charge in [0.05, 0.1) is 11.1 Å². The van der Waals surface area contributed by atoms with E-state index in [1.54, 1.807) is 36.4 Å². The molecule has 0 amide bonds. The van der Waals surface area contributed by atoms with Crippen LogP contribution in [-0.4, -0.2) is 41.0 Å². The van der Waals surface area contributed by atoms with Crippen LogP contribution in [0, 0.1) is 29.1 Å². The van der Waals surface area contributed by atoms with Crippen LogP contribution < -0.4 is 10.1 Å². The van der Waals surface area contributed by atoms with Crippen LogP contribution in [0.3, 0.4) is 0 Å². The molecule has 3 N–H and O–H groups in total. The number of nitrogens with one attached hydrogen (secondary N) is 1. The molecule has 0 aliphatic heterocycles. The average molecular weight is 505 g/mol. The van der Waals surface area contributed by atoms with E-state index in [1.165, 1.54) is 44.9 Å². The third-order valence-electron chi connectivity index (χ3n) is 8.26. The summed E-state index contributed by atoms with van der Waals surface area (Å²) in [6, 6.07) is 14.0. The lowest BCUT2D eigenvalue weighted by atomic mass is 9.66. The van der Waals surface area contributed by atoms with Gasteiger partial charge in [-0.15, -0.1) is 0 Å². The Morgan fingerprint density at radius 3 is 2.49 bits per heavy atom. The normalized spacial score (nSPS) is 22.5. The number of aliphatic hydroxyl groups is 1. The number of fused-ring (bicyclic) bond motifs is 1. The number of carbonyl (C=O) groups is 1. The number of carboxylic acids is 1. The molecule has 0 saturated heterocycles. The summed E-state index contributed by atoms with van der Waals surface area (Å²) in [6.07, 6.45) is 10.1. The second-order valence-electron chi connectivity index (χ2n) is 11.6. The molecule has 37 heavy (non-hydrogen) atoms. The third-order valence-corrected chi connectivity index (χ3v) is 8.26. The predicted molar refractivity (Wildman–Crippen MR) is 145 cm³/mol. The van der Waals surface area contributed by atoms with Crippen LogP contribution in [0.1, 0.15) is 81.1 Å². The molecule has 198 valence electrons. The van der Waals surface area contributed by atoms with Crippen LogP contribution in [0.15, 0.2) is 42.5 Å². The van der Waals surface area contributed by atoms with Gasteiger partial charge in [-0.25, -0.2) is 4.79 Å². The Morgan fingerprint density at radius 1 is 1.08 bits per heavy atom. The topological polar surface area (TPSA) is 103 Å². The minimum Gasteiger partial charge on any atom is -0.489 e. The minimum atomic E-state index is -0.974. The first-order chi connectivity index (χ1) is 17.7. The maximum atomic E-state index is 11.1. The molecule has 2 saturated carbocycles. The number of hydrogen-bond acceptors (Lipinski definition) is 5. The van der Waals surface area contributed by atoms with Gasteiger partial charge in [-0.3, -0.25) is 0 Å². The summed E-state index contributed by atoms with van der Waals surface area (Å²) in [4.78, 5) is 11.1. The van der Waals surface area contributed by atoms with Gasteiger partial charge < -0.3 is 20.3 Å². The van der Waals surface area contributed by atoms with E-state index in [1.807, 2.05) is 6.07 Å². The quantitative estimate of drug-likeness (QED) is 0.365. The molecule has 6 heteroatoms. The van der Waals surface area contributed by atoms with E-state index in [0.717, 1.165) is 35.3 Å². The van der Waals surface area contributed by atoms with Gasteiger partial charge in [0, 0.05) is 12.1 Å². The highest BCUT2D eigenvalue weighted by molar-refractivity contribution is 5.88. The number of β-amino-alcohol motifs (C(OH)–C–C–N with tert-alkyl or cyclic N) is 1. The molecular formula is C31H40N2O4. The van der Waals surface area contributed by atoms with Crippen molar-refractivity contribution in [2.24, 2.45) is 17.8 Å². The number of hydrogen-bond donors (Lipinski definition) is 3. The van der Waals surface area contributed by atoms with Crippen molar-refractivity contribution >= 4 is 5.97 Å². The van der Waals surface area contributed by atoms with Crippen LogP contribution >= 0.6 is 0 Å². The number of nitriles is 1. The van der Waals surface area contributed by atoms with Crippen LogP contribution in [0.5, 0.6) is 5.75 Å². The number of ether oxygens (including phenoxy) is 1. The van der Waals surface area contributed by atoms with Crippen molar-refractivity contribution in [1.82, 2.24) is 5.32 Å². The van der Waals surface area contributed by atoms with E-state index in [-0.39, 0.29) is 17.7 Å². The van der Waals surface area contributed by atoms with Crippen LogP contribution in [0.25, 0.3) is 11.1 Å². The van der Waals surface area contributed by atoms with Gasteiger partial charge in [-0.1, -0.05) is 50.3 Å². The number of nitrogens with zero attached hydrogens (tertiary/aromatic N) is 1. The molecule has 2 aliphatic rings. The number of benzene rings is 2. The van der Waals surface area contributed by atoms with Crippen LogP contribution in [0.2, 0.25) is 0 Å². The van der Waals surface area contributed by atoms with Crippen LogP contribution in [0.4, 0.5) is 0 Å². The van der Waals surface area contributed by atoms with E-state index >= 15 is 0 Å². The number of aromatic carboxylic acids is 1. The highest BCUT2D eigenvalue weighted by Crippen LogP contribution is 2.44. The smallest absolute Gasteiger partial charge is 0.335 e. The van der Waals surface area contributed by atoms with Gasteiger partial charge in [-0.05, 0) is 86.3 Å². The Balaban J connectivity index is 1.29. The summed E-state index contributed by atoms with van der Waals surface area (Å²) in [6.45, 7) is 4.94. The molecule has 0 radical (unpaired) electrons. The molecular weight excluding hydrogens is 464 g/mol. The zero-order valence-corrected chi connectivity index (χ0v) is 22.1. The highest BCUT2D eigenvalue weighted by Gasteiger charge is 2.34. The lowest BCUT2D eigenvalue weighted by molar-refractivity contribution is 0.0697. The molecule has 2 aliphatic carbocycles. The van der Waals surface area contributed by atoms with Crippen molar-refractivity contribution in [3.8, 4) is 22.9 Å². The Bertz CT molecular complexity index is 1110. The van der Waals surface area contributed by atoms with Crippen molar-refractivity contribution in [1.29, 1.82) is 5.26 Å². The Labute approximate surface area is 220 Å². The molecule has 2 aromatic carbocycles. The van der Waals surface area contributed by atoms with Crippen LogP contribution in [-0.2, 0) is 0 Å². The van der Waals surface area contributed by atoms with E-state index in [2.05, 4.69) is 25.2 Å². The number of aliphatic hydroxyl groups excluding tert-OH is 1. The third kappa shape index (κ3) is 7.34. The number of carboxylic acid groups (broad SMARTS) is 1. The molecule has 3 unspecified atom stereocenters. The van der Waals surface area contributed by atoms with Crippen molar-refractivity contribution in [3.05, 3.63) is 53.6 Å². The molecule has 0 aromatic heterocycles. The molecule has 0 bridgehead atoms. The first kappa shape index (κ1) is 27.2. The predicted octanol–water partition coefficient (Wildman–Crippen LogP) is 6.03. The van der Waals surface area contributed by atoms with Crippen molar-refractivity contribution < 1.29 is 19.7 Å². The fraction of sp³-hybridized carbons (Fsp3) is 0.548. The molecule has 0 spiro atoms. The largest absolute Gasteiger partial charge is 0.489 e. The molecule has 4 rings (SSSR count). The van der Waals surface area contributed by atoms with Gasteiger partial charge in [0.15, 0.2) is 0 Å². The van der Waals surface area contributed by atoms with E-state index in [4.69, 9.17) is 9.84 Å². The fourth-order valence-corrected chi connectivity index (χ4v) is 6.31. The standard InChI is InChI=1S/C31H40N2O4/c1-31(2,17-21-7-8-22-5-3-4-6-25(22)15-21)33-19-28(34)20-37-29-16-26(13-14-27(29)18-32)23-9-11-24(12-10-23)30(35)36/h9-14,16,21-22,25,28,33-34H,3-8,15,17,19-20H2,1-2H3,(H,35,36)/t21?,22?,25?,28-/m0/s1. The molecule has 0 heterocycles. The monoisotopic (exact) mass is 504 g/mol. The van der Waals surface area contributed by atoms with Gasteiger partial charge in [0.25, 0.3) is 0 Å². The Hall–Kier alpha value is -2.88. The zero-order chi connectivity index (χ0) is 26.4. The maximum absolute atomic E-state index is 11.1. The first-order valence-electron chi connectivity index (χ1n) is 13.7. The van der Waals surface area contributed by atoms with Crippen molar-refractivity contribution in [3.63, 3.8) is 0 Å². The lowest BCUT2D eigenvalue weighted by Crippen LogP contribution is -2.46. The molecule has 4 atom stereocenters. The van der Waals surface area contributed by atoms with Crippen molar-refractivity contribution in [2.45, 2.75) is 76.9 Å². The molecule has 2 aromatic rings. The van der Waals surface area contributed by atoms with Crippen molar-refractivity contribution in [2.75, 3.05) is 13.2 Å². The zero-order valence-electron chi connectivity index (χ0n) is 22.1. The van der Waals surface area contributed by atoms with E-state index < -0.39 is 12.1 Å². The van der Waals surface area contributed by atoms with E-state index in [9.17, 15) is 15.2 Å². The summed E-state index contributed by atoms with van der Waals surface area (Å²) in [5.74, 6) is 2.06. The second kappa shape index (κ2) is 12.1. The Morgan fingerprint density at radius 2 is 1.78 bits per heavy atom. The summed E-state index contributed by atoms with van der Waals surface area (Å²) in [7, 11) is 0. The fourth-order valence-electron chi connectivity index (χ4n) is 6.31. The summed E-state index contributed by atoms with van der Waals surface area (Å²) in [5, 5.41) is 32.8. The van der Waals surface area contributed by atoms with Gasteiger partial charge >= 0.3 is 5.97 Å². The average Bonchev–Trinajstić information content (AvgIpc) is 2.90. The summed E-state index contributed by atoms with van der Waals surface area (Å²) in [5.41, 5.74) is 2.18.